The first-order chi connectivity index (χ1) is 11.9. The number of hydrogen-bond donors (Lipinski definition) is 1. The molecule has 0 saturated heterocycles. The van der Waals surface area contributed by atoms with Crippen molar-refractivity contribution < 1.29 is 9.53 Å². The molecule has 0 unspecified atom stereocenters. The van der Waals surface area contributed by atoms with Gasteiger partial charge in [0.2, 0.25) is 0 Å². The monoisotopic (exact) mass is 402 g/mol. The number of halogens is 1. The molecule has 3 aromatic rings. The molecular formula is C18H19BrN4O2. The number of carbonyl (C=O) groups is 1. The second kappa shape index (κ2) is 7.23. The molecule has 1 N–H and O–H groups in total. The number of nitrogens with zero attached hydrogens (tertiary/aromatic N) is 3. The maximum Gasteiger partial charge on any atom is 0.262 e. The molecule has 0 aliphatic carbocycles. The molecule has 0 aliphatic rings. The van der Waals surface area contributed by atoms with Crippen molar-refractivity contribution in [2.45, 2.75) is 26.8 Å². The van der Waals surface area contributed by atoms with Crippen molar-refractivity contribution in [3.63, 3.8) is 0 Å². The normalized spacial score (nSPS) is 11.1. The van der Waals surface area contributed by atoms with Gasteiger partial charge in [-0.2, -0.15) is 5.10 Å². The maximum atomic E-state index is 12.1. The summed E-state index contributed by atoms with van der Waals surface area (Å²) >= 11 is 3.43. The molecule has 0 radical (unpaired) electrons. The van der Waals surface area contributed by atoms with Gasteiger partial charge < -0.3 is 10.1 Å². The highest BCUT2D eigenvalue weighted by molar-refractivity contribution is 9.10. The number of amides is 1. The lowest BCUT2D eigenvalue weighted by molar-refractivity contribution is -0.118. The van der Waals surface area contributed by atoms with Gasteiger partial charge in [-0.15, -0.1) is 0 Å². The Hall–Kier alpha value is -2.41. The zero-order valence-electron chi connectivity index (χ0n) is 14.3. The van der Waals surface area contributed by atoms with E-state index in [0.29, 0.717) is 11.4 Å². The van der Waals surface area contributed by atoms with Crippen LogP contribution in [0.2, 0.25) is 0 Å². The summed E-state index contributed by atoms with van der Waals surface area (Å²) in [4.78, 5) is 16.5. The van der Waals surface area contributed by atoms with E-state index in [1.54, 1.807) is 12.4 Å². The van der Waals surface area contributed by atoms with Crippen molar-refractivity contribution >= 4 is 38.6 Å². The van der Waals surface area contributed by atoms with Crippen molar-refractivity contribution in [2.75, 3.05) is 11.9 Å². The van der Waals surface area contributed by atoms with Crippen LogP contribution in [0.5, 0.6) is 5.75 Å². The molecule has 6 nitrogen and oxygen atoms in total. The summed E-state index contributed by atoms with van der Waals surface area (Å²) in [5, 5.41) is 8.00. The number of ether oxygens (including phenoxy) is 1. The van der Waals surface area contributed by atoms with Gasteiger partial charge in [-0.05, 0) is 60.5 Å². The molecule has 3 rings (SSSR count). The van der Waals surface area contributed by atoms with Crippen LogP contribution in [0.3, 0.4) is 0 Å². The summed E-state index contributed by atoms with van der Waals surface area (Å²) in [5.41, 5.74) is 2.53. The van der Waals surface area contributed by atoms with E-state index in [1.807, 2.05) is 49.7 Å². The van der Waals surface area contributed by atoms with Crippen LogP contribution >= 0.6 is 15.9 Å². The minimum absolute atomic E-state index is 0.0784. The molecule has 1 aromatic carbocycles. The van der Waals surface area contributed by atoms with Gasteiger partial charge in [0.25, 0.3) is 5.91 Å². The van der Waals surface area contributed by atoms with Gasteiger partial charge in [-0.25, -0.2) is 9.67 Å². The molecule has 0 bridgehead atoms. The molecule has 0 saturated carbocycles. The first-order valence-electron chi connectivity index (χ1n) is 7.96. The highest BCUT2D eigenvalue weighted by atomic mass is 79.9. The van der Waals surface area contributed by atoms with Gasteiger partial charge in [0.15, 0.2) is 12.3 Å². The highest BCUT2D eigenvalue weighted by Gasteiger charge is 2.10. The number of fused-ring (bicyclic) bond motifs is 1. The Morgan fingerprint density at radius 3 is 2.84 bits per heavy atom. The third-order valence-corrected chi connectivity index (χ3v) is 4.27. The quantitative estimate of drug-likeness (QED) is 0.697. The molecule has 7 heteroatoms. The Bertz CT molecular complexity index is 921. The first-order valence-corrected chi connectivity index (χ1v) is 8.75. The van der Waals surface area contributed by atoms with Gasteiger partial charge in [0.05, 0.1) is 22.6 Å². The standard InChI is InChI=1S/C18H19BrN4O2/c1-11(2)23-18-13(8-21-23)7-14(9-20-18)22-17(24)10-25-16-5-4-12(3)6-15(16)19/h4-9,11H,10H2,1-3H3,(H,22,24). The largest absolute Gasteiger partial charge is 0.483 e. The third-order valence-electron chi connectivity index (χ3n) is 3.65. The van der Waals surface area contributed by atoms with E-state index in [1.165, 1.54) is 0 Å². The Balaban J connectivity index is 1.65. The Morgan fingerprint density at radius 1 is 1.32 bits per heavy atom. The summed E-state index contributed by atoms with van der Waals surface area (Å²) in [6.45, 7) is 6.01. The summed E-state index contributed by atoms with van der Waals surface area (Å²) in [5.74, 6) is 0.386. The van der Waals surface area contributed by atoms with Crippen LogP contribution in [-0.4, -0.2) is 27.3 Å². The van der Waals surface area contributed by atoms with Crippen LogP contribution in [0, 0.1) is 6.92 Å². The molecule has 130 valence electrons. The van der Waals surface area contributed by atoms with E-state index in [-0.39, 0.29) is 18.6 Å². The van der Waals surface area contributed by atoms with Crippen molar-refractivity contribution in [3.05, 3.63) is 46.7 Å². The van der Waals surface area contributed by atoms with Crippen molar-refractivity contribution in [3.8, 4) is 5.75 Å². The van der Waals surface area contributed by atoms with Crippen molar-refractivity contribution in [2.24, 2.45) is 0 Å². The van der Waals surface area contributed by atoms with E-state index < -0.39 is 0 Å². The summed E-state index contributed by atoms with van der Waals surface area (Å²) in [7, 11) is 0. The van der Waals surface area contributed by atoms with Gasteiger partial charge in [0.1, 0.15) is 5.75 Å². The average molecular weight is 403 g/mol. The number of anilines is 1. The predicted octanol–water partition coefficient (Wildman–Crippen LogP) is 4.10. The highest BCUT2D eigenvalue weighted by Crippen LogP contribution is 2.25. The van der Waals surface area contributed by atoms with Crippen LogP contribution < -0.4 is 10.1 Å². The zero-order valence-corrected chi connectivity index (χ0v) is 15.9. The second-order valence-electron chi connectivity index (χ2n) is 6.09. The fourth-order valence-electron chi connectivity index (χ4n) is 2.45. The number of pyridine rings is 1. The van der Waals surface area contributed by atoms with Gasteiger partial charge >= 0.3 is 0 Å². The fourth-order valence-corrected chi connectivity index (χ4v) is 3.06. The first kappa shape index (κ1) is 17.4. The number of nitrogens with one attached hydrogen (secondary N) is 1. The summed E-state index contributed by atoms with van der Waals surface area (Å²) in [6, 6.07) is 7.79. The van der Waals surface area contributed by atoms with E-state index in [4.69, 9.17) is 4.74 Å². The van der Waals surface area contributed by atoms with E-state index in [9.17, 15) is 4.79 Å². The minimum Gasteiger partial charge on any atom is -0.483 e. The third kappa shape index (κ3) is 3.99. The molecule has 0 atom stereocenters. The van der Waals surface area contributed by atoms with Crippen LogP contribution in [0.4, 0.5) is 5.69 Å². The molecule has 0 spiro atoms. The minimum atomic E-state index is -0.245. The Morgan fingerprint density at radius 2 is 2.12 bits per heavy atom. The fraction of sp³-hybridized carbons (Fsp3) is 0.278. The van der Waals surface area contributed by atoms with Gasteiger partial charge in [0, 0.05) is 11.4 Å². The van der Waals surface area contributed by atoms with Crippen molar-refractivity contribution in [1.29, 1.82) is 0 Å². The number of aryl methyl sites for hydroxylation is 1. The second-order valence-corrected chi connectivity index (χ2v) is 6.94. The molecular weight excluding hydrogens is 384 g/mol. The number of rotatable bonds is 5. The van der Waals surface area contributed by atoms with Crippen molar-refractivity contribution in [1.82, 2.24) is 14.8 Å². The number of aromatic nitrogens is 3. The SMILES string of the molecule is Cc1ccc(OCC(=O)Nc2cnc3c(cnn3C(C)C)c2)c(Br)c1. The van der Waals surface area contributed by atoms with E-state index >= 15 is 0 Å². The molecule has 0 fully saturated rings. The van der Waals surface area contributed by atoms with E-state index in [0.717, 1.165) is 21.1 Å². The van der Waals surface area contributed by atoms with E-state index in [2.05, 4.69) is 31.3 Å². The summed E-state index contributed by atoms with van der Waals surface area (Å²) < 4.78 is 8.22. The summed E-state index contributed by atoms with van der Waals surface area (Å²) in [6.07, 6.45) is 3.38. The van der Waals surface area contributed by atoms with Gasteiger partial charge in [-0.1, -0.05) is 6.07 Å². The molecule has 1 amide bonds. The average Bonchev–Trinajstić information content (AvgIpc) is 2.97. The lowest BCUT2D eigenvalue weighted by Crippen LogP contribution is -2.20. The Kier molecular flexibility index (Phi) is 5.03. The smallest absolute Gasteiger partial charge is 0.262 e. The lowest BCUT2D eigenvalue weighted by Gasteiger charge is -2.10. The van der Waals surface area contributed by atoms with Crippen LogP contribution in [0.1, 0.15) is 25.5 Å². The maximum absolute atomic E-state index is 12.1. The predicted molar refractivity (Wildman–Crippen MR) is 101 cm³/mol. The Labute approximate surface area is 154 Å². The lowest BCUT2D eigenvalue weighted by atomic mass is 10.2. The zero-order chi connectivity index (χ0) is 18.0. The van der Waals surface area contributed by atoms with Crippen LogP contribution in [0.25, 0.3) is 11.0 Å². The number of benzene rings is 1. The van der Waals surface area contributed by atoms with Crippen LogP contribution in [-0.2, 0) is 4.79 Å². The molecule has 0 aliphatic heterocycles. The molecule has 2 aromatic heterocycles. The molecule has 2 heterocycles. The number of carbonyl (C=O) groups excluding carboxylic acids is 1. The van der Waals surface area contributed by atoms with Crippen LogP contribution in [0.15, 0.2) is 41.1 Å². The van der Waals surface area contributed by atoms with Gasteiger partial charge in [-0.3, -0.25) is 4.79 Å². The number of hydrogen-bond acceptors (Lipinski definition) is 4. The molecule has 25 heavy (non-hydrogen) atoms. The topological polar surface area (TPSA) is 69.0 Å².